The highest BCUT2D eigenvalue weighted by molar-refractivity contribution is 7.78. The van der Waals surface area contributed by atoms with Crippen LogP contribution < -0.4 is 3.89 Å². The summed E-state index contributed by atoms with van der Waals surface area (Å²) in [5, 5.41) is 2.03. The number of ether oxygens (including phenoxy) is 1. The van der Waals surface area contributed by atoms with Crippen LogP contribution in [0.3, 0.4) is 0 Å². The Kier molecular flexibility index (Phi) is 7.81. The van der Waals surface area contributed by atoms with Crippen molar-refractivity contribution in [3.05, 3.63) is 42.5 Å². The summed E-state index contributed by atoms with van der Waals surface area (Å²) in [6.07, 6.45) is 4.29. The molecule has 0 bridgehead atoms. The van der Waals surface area contributed by atoms with E-state index in [0.717, 1.165) is 55.2 Å². The minimum Gasteiger partial charge on any atom is -0.724 e. The second-order valence-electron chi connectivity index (χ2n) is 9.47. The zero-order chi connectivity index (χ0) is 23.4. The molecule has 1 amide bonds. The van der Waals surface area contributed by atoms with Gasteiger partial charge in [-0.3, -0.25) is 4.79 Å². The fraction of sp³-hybridized carbons (Fsp3) is 0.560. The normalized spacial score (nSPS) is 26.7. The summed E-state index contributed by atoms with van der Waals surface area (Å²) in [4.78, 5) is 16.6. The predicted molar refractivity (Wildman–Crippen MR) is 131 cm³/mol. The molecule has 2 aromatic carbocycles. The molecule has 180 valence electrons. The first-order valence-corrected chi connectivity index (χ1v) is 12.9. The number of rotatable bonds is 8. The summed E-state index contributed by atoms with van der Waals surface area (Å²) in [5.74, 6) is 0.0187. The highest BCUT2D eigenvalue weighted by Crippen LogP contribution is 2.40. The smallest absolute Gasteiger partial charge is 0.248 e. The van der Waals surface area contributed by atoms with Crippen molar-refractivity contribution in [2.45, 2.75) is 44.2 Å². The minimum absolute atomic E-state index is 0.0187. The maximum Gasteiger partial charge on any atom is 0.248 e. The van der Waals surface area contributed by atoms with Gasteiger partial charge in [0, 0.05) is 43.4 Å². The summed E-state index contributed by atoms with van der Waals surface area (Å²) >= 11 is -2.32. The van der Waals surface area contributed by atoms with E-state index in [1.54, 1.807) is 0 Å². The average Bonchev–Trinajstić information content (AvgIpc) is 3.32. The van der Waals surface area contributed by atoms with Crippen LogP contribution in [0.1, 0.15) is 32.1 Å². The first kappa shape index (κ1) is 24.3. The van der Waals surface area contributed by atoms with Crippen LogP contribution in [0.15, 0.2) is 42.5 Å². The van der Waals surface area contributed by atoms with Crippen LogP contribution in [0.5, 0.6) is 0 Å². The van der Waals surface area contributed by atoms with E-state index in [4.69, 9.17) is 4.74 Å². The number of hydrogen-bond acceptors (Lipinski definition) is 5. The number of likely N-dealkylation sites (N-methyl/N-ethyl adjacent to an activating group) is 1. The van der Waals surface area contributed by atoms with E-state index in [0.29, 0.717) is 25.6 Å². The fourth-order valence-electron chi connectivity index (χ4n) is 5.46. The Hall–Kier alpha value is -1.84. The molecule has 2 aliphatic rings. The van der Waals surface area contributed by atoms with E-state index < -0.39 is 11.3 Å². The summed E-state index contributed by atoms with van der Waals surface area (Å²) in [5.41, 5.74) is 0.842. The zero-order valence-electron chi connectivity index (χ0n) is 19.7. The number of carbonyl (C=O) groups is 1. The molecule has 4 atom stereocenters. The summed E-state index contributed by atoms with van der Waals surface area (Å²) in [6, 6.07) is 14.2. The van der Waals surface area contributed by atoms with E-state index in [2.05, 4.69) is 4.90 Å². The van der Waals surface area contributed by atoms with E-state index >= 15 is 0 Å². The van der Waals surface area contributed by atoms with Gasteiger partial charge in [-0.05, 0) is 44.8 Å². The number of piperidine rings is 1. The number of amides is 1. The maximum absolute atomic E-state index is 12.8. The molecule has 0 radical (unpaired) electrons. The lowest BCUT2D eigenvalue weighted by Crippen LogP contribution is -2.60. The molecule has 0 saturated carbocycles. The lowest BCUT2D eigenvalue weighted by atomic mass is 9.97. The third-order valence-electron chi connectivity index (χ3n) is 7.38. The van der Waals surface area contributed by atoms with Crippen LogP contribution in [0, 0.1) is 0 Å². The van der Waals surface area contributed by atoms with Gasteiger partial charge in [-0.2, -0.15) is 0 Å². The summed E-state index contributed by atoms with van der Waals surface area (Å²) in [7, 11) is 4.08. The average molecular weight is 474 g/mol. The van der Waals surface area contributed by atoms with Crippen molar-refractivity contribution in [3.8, 4) is 0 Å². The molecule has 2 aliphatic heterocycles. The SMILES string of the molecule is CN(C)C1CCN(C(=O)COCCC2CCCC[N+]2(c2cccc3ccccc23)S(=O)[O-])C1. The van der Waals surface area contributed by atoms with Gasteiger partial charge in [-0.1, -0.05) is 30.3 Å². The molecule has 2 saturated heterocycles. The van der Waals surface area contributed by atoms with Gasteiger partial charge in [-0.25, -0.2) is 8.10 Å². The van der Waals surface area contributed by atoms with Gasteiger partial charge in [0.1, 0.15) is 12.6 Å². The topological polar surface area (TPSA) is 72.9 Å². The van der Waals surface area contributed by atoms with Crippen LogP contribution in [-0.2, 0) is 20.8 Å². The molecule has 0 spiro atoms. The van der Waals surface area contributed by atoms with Crippen molar-refractivity contribution in [1.29, 1.82) is 0 Å². The Balaban J connectivity index is 1.44. The van der Waals surface area contributed by atoms with Gasteiger partial charge in [-0.15, -0.1) is 0 Å². The second kappa shape index (κ2) is 10.6. The molecule has 4 rings (SSSR count). The van der Waals surface area contributed by atoms with Crippen LogP contribution in [0.4, 0.5) is 5.69 Å². The third kappa shape index (κ3) is 5.00. The van der Waals surface area contributed by atoms with Gasteiger partial charge >= 0.3 is 0 Å². The largest absolute Gasteiger partial charge is 0.724 e. The molecule has 7 nitrogen and oxygen atoms in total. The molecule has 0 aliphatic carbocycles. The van der Waals surface area contributed by atoms with Crippen molar-refractivity contribution >= 4 is 33.6 Å². The molecular weight excluding hydrogens is 438 g/mol. The molecule has 0 N–H and O–H groups in total. The lowest BCUT2D eigenvalue weighted by Gasteiger charge is -2.47. The first-order valence-electron chi connectivity index (χ1n) is 11.9. The van der Waals surface area contributed by atoms with E-state index in [-0.39, 0.29) is 22.4 Å². The fourth-order valence-corrected chi connectivity index (χ4v) is 6.51. The van der Waals surface area contributed by atoms with Gasteiger partial charge < -0.3 is 19.1 Å². The predicted octanol–water partition coefficient (Wildman–Crippen LogP) is 3.06. The lowest BCUT2D eigenvalue weighted by molar-refractivity contribution is -0.135. The van der Waals surface area contributed by atoms with Crippen molar-refractivity contribution in [2.75, 3.05) is 46.9 Å². The molecule has 4 unspecified atom stereocenters. The van der Waals surface area contributed by atoms with Crippen LogP contribution in [0.2, 0.25) is 0 Å². The Labute approximate surface area is 199 Å². The number of carbonyl (C=O) groups excluding carboxylic acids is 1. The highest BCUT2D eigenvalue weighted by Gasteiger charge is 2.44. The molecule has 2 heterocycles. The Morgan fingerprint density at radius 2 is 1.97 bits per heavy atom. The molecule has 2 aromatic rings. The third-order valence-corrected chi connectivity index (χ3v) is 8.58. The quantitative estimate of drug-likeness (QED) is 0.335. The Morgan fingerprint density at radius 1 is 1.18 bits per heavy atom. The Bertz CT molecular complexity index is 995. The molecule has 2 fully saturated rings. The highest BCUT2D eigenvalue weighted by atomic mass is 32.2. The summed E-state index contributed by atoms with van der Waals surface area (Å²) < 4.78 is 31.3. The molecule has 0 aromatic heterocycles. The van der Waals surface area contributed by atoms with Crippen LogP contribution >= 0.6 is 0 Å². The van der Waals surface area contributed by atoms with E-state index in [9.17, 15) is 13.6 Å². The summed E-state index contributed by atoms with van der Waals surface area (Å²) in [6.45, 7) is 2.51. The standard InChI is InChI=1S/C25H35N3O4S/c1-26(2)21-13-15-27(18-21)25(29)19-32-17-14-22-10-5-6-16-28(22,33(30)31)24-12-7-9-20-8-3-4-11-23(20)24/h3-4,7-9,11-12,21-22H,5-6,10,13-19H2,1-2H3. The zero-order valence-corrected chi connectivity index (χ0v) is 20.5. The van der Waals surface area contributed by atoms with Crippen molar-refractivity contribution in [2.24, 2.45) is 0 Å². The van der Waals surface area contributed by atoms with Gasteiger partial charge in [0.15, 0.2) is 17.0 Å². The van der Waals surface area contributed by atoms with Crippen LogP contribution in [-0.4, -0.2) is 83.5 Å². The van der Waals surface area contributed by atoms with Crippen LogP contribution in [0.25, 0.3) is 10.8 Å². The maximum atomic E-state index is 12.8. The number of quaternary nitrogens is 1. The van der Waals surface area contributed by atoms with E-state index in [1.165, 1.54) is 0 Å². The number of fused-ring (bicyclic) bond motifs is 1. The monoisotopic (exact) mass is 473 g/mol. The van der Waals surface area contributed by atoms with Gasteiger partial charge in [0.25, 0.3) is 0 Å². The minimum atomic E-state index is -2.32. The molecular formula is C25H35N3O4S. The number of hydrogen-bond donors (Lipinski definition) is 0. The number of likely N-dealkylation sites (tertiary alicyclic amines) is 1. The van der Waals surface area contributed by atoms with Gasteiger partial charge in [0.05, 0.1) is 13.2 Å². The molecule has 33 heavy (non-hydrogen) atoms. The Morgan fingerprint density at radius 3 is 2.73 bits per heavy atom. The number of benzene rings is 2. The molecule has 8 heteroatoms. The van der Waals surface area contributed by atoms with Crippen molar-refractivity contribution in [3.63, 3.8) is 0 Å². The van der Waals surface area contributed by atoms with E-state index in [1.807, 2.05) is 61.5 Å². The van der Waals surface area contributed by atoms with Crippen molar-refractivity contribution < 1.29 is 18.3 Å². The first-order chi connectivity index (χ1) is 15.9. The van der Waals surface area contributed by atoms with Gasteiger partial charge in [0.2, 0.25) is 5.91 Å². The second-order valence-corrected chi connectivity index (χ2v) is 10.6. The van der Waals surface area contributed by atoms with Crippen molar-refractivity contribution in [1.82, 2.24) is 13.7 Å². The number of nitrogens with zero attached hydrogens (tertiary/aromatic N) is 3.